The predicted molar refractivity (Wildman–Crippen MR) is 80.8 cm³/mol. The van der Waals surface area contributed by atoms with Gasteiger partial charge in [0.1, 0.15) is 5.82 Å². The first-order chi connectivity index (χ1) is 10.1. The SMILES string of the molecule is Cc1ccc(C(=O)N(CC2CCCCN2)C2CC2)c(F)c1. The molecule has 1 N–H and O–H groups in total. The van der Waals surface area contributed by atoms with Crippen molar-refractivity contribution >= 4 is 5.91 Å². The first kappa shape index (κ1) is 14.5. The van der Waals surface area contributed by atoms with Crippen molar-refractivity contribution in [2.75, 3.05) is 13.1 Å². The summed E-state index contributed by atoms with van der Waals surface area (Å²) in [6.07, 6.45) is 5.62. The van der Waals surface area contributed by atoms with Gasteiger partial charge in [-0.15, -0.1) is 0 Å². The van der Waals surface area contributed by atoms with Crippen molar-refractivity contribution in [1.29, 1.82) is 0 Å². The summed E-state index contributed by atoms with van der Waals surface area (Å²) in [5.41, 5.74) is 1.05. The minimum absolute atomic E-state index is 0.151. The minimum Gasteiger partial charge on any atom is -0.334 e. The van der Waals surface area contributed by atoms with Crippen LogP contribution in [0.4, 0.5) is 4.39 Å². The highest BCUT2D eigenvalue weighted by molar-refractivity contribution is 5.95. The molecule has 21 heavy (non-hydrogen) atoms. The number of nitrogens with zero attached hydrogens (tertiary/aromatic N) is 1. The van der Waals surface area contributed by atoms with Gasteiger partial charge in [0, 0.05) is 18.6 Å². The number of carbonyl (C=O) groups excluding carboxylic acids is 1. The molecule has 1 saturated carbocycles. The molecule has 1 unspecified atom stereocenters. The van der Waals surface area contributed by atoms with Crippen molar-refractivity contribution in [1.82, 2.24) is 10.2 Å². The van der Waals surface area contributed by atoms with Crippen LogP contribution < -0.4 is 5.32 Å². The first-order valence-corrected chi connectivity index (χ1v) is 7.95. The van der Waals surface area contributed by atoms with Crippen molar-refractivity contribution in [3.8, 4) is 0 Å². The lowest BCUT2D eigenvalue weighted by molar-refractivity contribution is 0.0713. The average molecular weight is 290 g/mol. The second-order valence-electron chi connectivity index (χ2n) is 6.32. The van der Waals surface area contributed by atoms with Crippen molar-refractivity contribution in [2.24, 2.45) is 0 Å². The molecule has 4 heteroatoms. The molecule has 2 aliphatic rings. The zero-order chi connectivity index (χ0) is 14.8. The quantitative estimate of drug-likeness (QED) is 0.925. The second kappa shape index (κ2) is 6.14. The number of piperidine rings is 1. The smallest absolute Gasteiger partial charge is 0.257 e. The van der Waals surface area contributed by atoms with E-state index in [0.717, 1.165) is 31.4 Å². The number of carbonyl (C=O) groups is 1. The van der Waals surface area contributed by atoms with E-state index in [-0.39, 0.29) is 11.5 Å². The predicted octanol–water partition coefficient (Wildman–Crippen LogP) is 2.88. The number of rotatable bonds is 4. The molecule has 0 aromatic heterocycles. The number of hydrogen-bond donors (Lipinski definition) is 1. The zero-order valence-corrected chi connectivity index (χ0v) is 12.6. The summed E-state index contributed by atoms with van der Waals surface area (Å²) in [5, 5.41) is 3.47. The van der Waals surface area contributed by atoms with Crippen LogP contribution in [-0.4, -0.2) is 36.0 Å². The number of aryl methyl sites for hydroxylation is 1. The lowest BCUT2D eigenvalue weighted by Gasteiger charge is -2.31. The summed E-state index contributed by atoms with van der Waals surface area (Å²) in [6.45, 7) is 3.56. The van der Waals surface area contributed by atoms with E-state index in [9.17, 15) is 9.18 Å². The standard InChI is InChI=1S/C17H23FN2O/c1-12-5-8-15(16(18)10-12)17(21)20(14-6-7-14)11-13-4-2-3-9-19-13/h5,8,10,13-14,19H,2-4,6-7,9,11H2,1H3. The van der Waals surface area contributed by atoms with Crippen LogP contribution in [0.2, 0.25) is 0 Å². The highest BCUT2D eigenvalue weighted by Gasteiger charge is 2.35. The maximum absolute atomic E-state index is 14.1. The van der Waals surface area contributed by atoms with Crippen molar-refractivity contribution < 1.29 is 9.18 Å². The number of amides is 1. The molecular weight excluding hydrogens is 267 g/mol. The van der Waals surface area contributed by atoms with Gasteiger partial charge in [0.05, 0.1) is 5.56 Å². The lowest BCUT2D eigenvalue weighted by Crippen LogP contribution is -2.46. The molecule has 3 rings (SSSR count). The Balaban J connectivity index is 1.75. The van der Waals surface area contributed by atoms with Crippen molar-refractivity contribution in [2.45, 2.75) is 51.1 Å². The van der Waals surface area contributed by atoms with Gasteiger partial charge < -0.3 is 10.2 Å². The number of benzene rings is 1. The largest absolute Gasteiger partial charge is 0.334 e. The number of nitrogens with one attached hydrogen (secondary N) is 1. The minimum atomic E-state index is -0.401. The average Bonchev–Trinajstić information content (AvgIpc) is 3.30. The third-order valence-corrected chi connectivity index (χ3v) is 4.43. The van der Waals surface area contributed by atoms with Crippen LogP contribution in [0.15, 0.2) is 18.2 Å². The van der Waals surface area contributed by atoms with E-state index in [4.69, 9.17) is 0 Å². The molecule has 1 aliphatic heterocycles. The Bertz CT molecular complexity index is 522. The summed E-state index contributed by atoms with van der Waals surface area (Å²) in [5.74, 6) is -0.551. The van der Waals surface area contributed by atoms with E-state index in [1.807, 2.05) is 11.8 Å². The van der Waals surface area contributed by atoms with Gasteiger partial charge in [-0.05, 0) is 56.8 Å². The Kier molecular flexibility index (Phi) is 4.24. The van der Waals surface area contributed by atoms with E-state index in [1.165, 1.54) is 18.9 Å². The third kappa shape index (κ3) is 3.43. The monoisotopic (exact) mass is 290 g/mol. The molecule has 1 saturated heterocycles. The Morgan fingerprint density at radius 2 is 2.14 bits per heavy atom. The van der Waals surface area contributed by atoms with Gasteiger partial charge in [0.25, 0.3) is 5.91 Å². The topological polar surface area (TPSA) is 32.3 Å². The van der Waals surface area contributed by atoms with Gasteiger partial charge in [-0.3, -0.25) is 4.79 Å². The molecule has 1 aromatic carbocycles. The zero-order valence-electron chi connectivity index (χ0n) is 12.6. The van der Waals surface area contributed by atoms with Gasteiger partial charge >= 0.3 is 0 Å². The molecule has 1 heterocycles. The van der Waals surface area contributed by atoms with Crippen LogP contribution in [0.25, 0.3) is 0 Å². The molecule has 1 atom stereocenters. The highest BCUT2D eigenvalue weighted by atomic mass is 19.1. The van der Waals surface area contributed by atoms with Gasteiger partial charge in [-0.1, -0.05) is 12.5 Å². The van der Waals surface area contributed by atoms with Crippen molar-refractivity contribution in [3.63, 3.8) is 0 Å². The molecule has 0 bridgehead atoms. The van der Waals surface area contributed by atoms with Crippen LogP contribution in [0.3, 0.4) is 0 Å². The van der Waals surface area contributed by atoms with E-state index in [0.29, 0.717) is 18.6 Å². The first-order valence-electron chi connectivity index (χ1n) is 7.95. The summed E-state index contributed by atoms with van der Waals surface area (Å²) >= 11 is 0. The van der Waals surface area contributed by atoms with Gasteiger partial charge in [0.15, 0.2) is 0 Å². The molecular formula is C17H23FN2O. The normalized spacial score (nSPS) is 22.1. The number of halogens is 1. The van der Waals surface area contributed by atoms with E-state index in [1.54, 1.807) is 12.1 Å². The Labute approximate surface area is 125 Å². The van der Waals surface area contributed by atoms with Crippen LogP contribution in [0, 0.1) is 12.7 Å². The fraction of sp³-hybridized carbons (Fsp3) is 0.588. The Morgan fingerprint density at radius 3 is 2.76 bits per heavy atom. The maximum atomic E-state index is 14.1. The fourth-order valence-electron chi connectivity index (χ4n) is 3.05. The van der Waals surface area contributed by atoms with E-state index < -0.39 is 5.82 Å². The fourth-order valence-corrected chi connectivity index (χ4v) is 3.05. The summed E-state index contributed by atoms with van der Waals surface area (Å²) in [7, 11) is 0. The third-order valence-electron chi connectivity index (χ3n) is 4.43. The second-order valence-corrected chi connectivity index (χ2v) is 6.32. The number of hydrogen-bond acceptors (Lipinski definition) is 2. The lowest BCUT2D eigenvalue weighted by atomic mass is 10.0. The summed E-state index contributed by atoms with van der Waals surface area (Å²) in [4.78, 5) is 14.6. The molecule has 2 fully saturated rings. The van der Waals surface area contributed by atoms with Crippen LogP contribution in [0.5, 0.6) is 0 Å². The van der Waals surface area contributed by atoms with Gasteiger partial charge in [-0.2, -0.15) is 0 Å². The Hall–Kier alpha value is -1.42. The molecule has 0 spiro atoms. The van der Waals surface area contributed by atoms with Crippen LogP contribution in [0.1, 0.15) is 48.0 Å². The van der Waals surface area contributed by atoms with Gasteiger partial charge in [-0.25, -0.2) is 4.39 Å². The molecule has 1 aliphatic carbocycles. The van der Waals surface area contributed by atoms with Crippen LogP contribution in [-0.2, 0) is 0 Å². The van der Waals surface area contributed by atoms with E-state index in [2.05, 4.69) is 5.32 Å². The molecule has 1 aromatic rings. The summed E-state index contributed by atoms with van der Waals surface area (Å²) in [6, 6.07) is 5.53. The van der Waals surface area contributed by atoms with Crippen LogP contribution >= 0.6 is 0 Å². The highest BCUT2D eigenvalue weighted by Crippen LogP contribution is 2.29. The molecule has 0 radical (unpaired) electrons. The van der Waals surface area contributed by atoms with E-state index >= 15 is 0 Å². The summed E-state index contributed by atoms with van der Waals surface area (Å²) < 4.78 is 14.1. The molecule has 3 nitrogen and oxygen atoms in total. The Morgan fingerprint density at radius 1 is 1.33 bits per heavy atom. The molecule has 1 amide bonds. The van der Waals surface area contributed by atoms with Crippen molar-refractivity contribution in [3.05, 3.63) is 35.1 Å². The van der Waals surface area contributed by atoms with Gasteiger partial charge in [0.2, 0.25) is 0 Å². The molecule has 114 valence electrons. The maximum Gasteiger partial charge on any atom is 0.257 e.